The fourth-order valence-corrected chi connectivity index (χ4v) is 3.73. The fraction of sp³-hybridized carbons (Fsp3) is 0.130. The maximum absolute atomic E-state index is 3.56. The fourth-order valence-electron chi connectivity index (χ4n) is 3.50. The summed E-state index contributed by atoms with van der Waals surface area (Å²) in [5.74, 6) is 0. The molecule has 4 rings (SSSR count). The SMILES string of the molecule is BrCCC=C1c2ccccc2N(Cc2ccccc2)c2ccccc21. The number of para-hydroxylation sites is 2. The number of halogens is 1. The first-order valence-corrected chi connectivity index (χ1v) is 9.77. The number of anilines is 2. The third kappa shape index (κ3) is 3.14. The van der Waals surface area contributed by atoms with Crippen molar-refractivity contribution in [2.75, 3.05) is 10.2 Å². The maximum atomic E-state index is 3.56. The average molecular weight is 390 g/mol. The van der Waals surface area contributed by atoms with Crippen LogP contribution >= 0.6 is 15.9 Å². The Kier molecular flexibility index (Phi) is 4.71. The van der Waals surface area contributed by atoms with Crippen LogP contribution < -0.4 is 4.90 Å². The van der Waals surface area contributed by atoms with Crippen molar-refractivity contribution in [3.8, 4) is 0 Å². The van der Waals surface area contributed by atoms with Crippen molar-refractivity contribution in [1.82, 2.24) is 0 Å². The van der Waals surface area contributed by atoms with Gasteiger partial charge < -0.3 is 4.90 Å². The molecule has 3 aromatic carbocycles. The molecule has 0 amide bonds. The number of fused-ring (bicyclic) bond motifs is 2. The predicted molar refractivity (Wildman–Crippen MR) is 111 cm³/mol. The molecule has 0 fully saturated rings. The van der Waals surface area contributed by atoms with Gasteiger partial charge in [0.25, 0.3) is 0 Å². The molecule has 0 bridgehead atoms. The lowest BCUT2D eigenvalue weighted by Crippen LogP contribution is -2.22. The van der Waals surface area contributed by atoms with E-state index in [1.54, 1.807) is 0 Å². The van der Waals surface area contributed by atoms with E-state index in [1.807, 2.05) is 0 Å². The molecule has 1 heterocycles. The second kappa shape index (κ2) is 7.28. The number of hydrogen-bond acceptors (Lipinski definition) is 1. The van der Waals surface area contributed by atoms with E-state index in [-0.39, 0.29) is 0 Å². The standard InChI is InChI=1S/C23H20BrN/c24-16-8-13-19-20-11-4-6-14-22(20)25(17-18-9-2-1-3-10-18)23-15-7-5-12-21(19)23/h1-7,9-15H,8,16-17H2. The Labute approximate surface area is 157 Å². The van der Waals surface area contributed by atoms with Gasteiger partial charge in [0, 0.05) is 34.4 Å². The molecular weight excluding hydrogens is 370 g/mol. The van der Waals surface area contributed by atoms with E-state index in [0.29, 0.717) is 0 Å². The summed E-state index contributed by atoms with van der Waals surface area (Å²) >= 11 is 3.56. The van der Waals surface area contributed by atoms with Crippen molar-refractivity contribution in [2.45, 2.75) is 13.0 Å². The van der Waals surface area contributed by atoms with Crippen molar-refractivity contribution >= 4 is 32.9 Å². The number of rotatable bonds is 4. The Hall–Kier alpha value is -2.32. The summed E-state index contributed by atoms with van der Waals surface area (Å²) in [5.41, 5.74) is 7.86. The molecule has 0 radical (unpaired) electrons. The first-order chi connectivity index (χ1) is 12.4. The van der Waals surface area contributed by atoms with Crippen molar-refractivity contribution in [1.29, 1.82) is 0 Å². The Balaban J connectivity index is 1.86. The molecular formula is C23H20BrN. The van der Waals surface area contributed by atoms with E-state index in [1.165, 1.54) is 33.6 Å². The molecule has 0 spiro atoms. The molecule has 0 saturated heterocycles. The summed E-state index contributed by atoms with van der Waals surface area (Å²) in [6.45, 7) is 0.876. The highest BCUT2D eigenvalue weighted by molar-refractivity contribution is 9.09. The zero-order chi connectivity index (χ0) is 17.1. The molecule has 0 aliphatic carbocycles. The van der Waals surface area contributed by atoms with Gasteiger partial charge in [-0.2, -0.15) is 0 Å². The molecule has 1 nitrogen and oxygen atoms in total. The second-order valence-corrected chi connectivity index (χ2v) is 6.99. The van der Waals surface area contributed by atoms with Crippen LogP contribution in [0.25, 0.3) is 5.57 Å². The molecule has 124 valence electrons. The van der Waals surface area contributed by atoms with Gasteiger partial charge in [-0.1, -0.05) is 88.7 Å². The van der Waals surface area contributed by atoms with Crippen molar-refractivity contribution in [3.05, 3.63) is 102 Å². The molecule has 3 aromatic rings. The van der Waals surface area contributed by atoms with Crippen molar-refractivity contribution < 1.29 is 0 Å². The third-order valence-electron chi connectivity index (χ3n) is 4.61. The number of alkyl halides is 1. The quantitative estimate of drug-likeness (QED) is 0.456. The van der Waals surface area contributed by atoms with Gasteiger partial charge in [-0.05, 0) is 29.7 Å². The normalized spacial score (nSPS) is 12.5. The zero-order valence-corrected chi connectivity index (χ0v) is 15.6. The van der Waals surface area contributed by atoms with Crippen LogP contribution in [-0.2, 0) is 6.54 Å². The number of benzene rings is 3. The van der Waals surface area contributed by atoms with Gasteiger partial charge in [-0.25, -0.2) is 0 Å². The van der Waals surface area contributed by atoms with Crippen LogP contribution in [-0.4, -0.2) is 5.33 Å². The predicted octanol–water partition coefficient (Wildman–Crippen LogP) is 6.56. The Morgan fingerprint density at radius 3 is 1.88 bits per heavy atom. The summed E-state index contributed by atoms with van der Waals surface area (Å²) < 4.78 is 0. The minimum atomic E-state index is 0.876. The summed E-state index contributed by atoms with van der Waals surface area (Å²) in [4.78, 5) is 2.44. The molecule has 0 N–H and O–H groups in total. The number of hydrogen-bond donors (Lipinski definition) is 0. The number of allylic oxidation sites excluding steroid dienone is 1. The van der Waals surface area contributed by atoms with Crippen molar-refractivity contribution in [3.63, 3.8) is 0 Å². The van der Waals surface area contributed by atoms with E-state index in [9.17, 15) is 0 Å². The highest BCUT2D eigenvalue weighted by Crippen LogP contribution is 2.45. The van der Waals surface area contributed by atoms with E-state index < -0.39 is 0 Å². The van der Waals surface area contributed by atoms with E-state index in [4.69, 9.17) is 0 Å². The van der Waals surface area contributed by atoms with Crippen LogP contribution in [0.15, 0.2) is 84.9 Å². The maximum Gasteiger partial charge on any atom is 0.0493 e. The van der Waals surface area contributed by atoms with Gasteiger partial charge in [-0.3, -0.25) is 0 Å². The minimum Gasteiger partial charge on any atom is -0.336 e. The Morgan fingerprint density at radius 1 is 0.720 bits per heavy atom. The lowest BCUT2D eigenvalue weighted by atomic mass is 9.89. The van der Waals surface area contributed by atoms with Crippen LogP contribution in [0.1, 0.15) is 23.1 Å². The van der Waals surface area contributed by atoms with Gasteiger partial charge in [0.1, 0.15) is 0 Å². The monoisotopic (exact) mass is 389 g/mol. The molecule has 0 atom stereocenters. The largest absolute Gasteiger partial charge is 0.336 e. The summed E-state index contributed by atoms with van der Waals surface area (Å²) in [7, 11) is 0. The van der Waals surface area contributed by atoms with Gasteiger partial charge in [0.05, 0.1) is 0 Å². The Bertz CT molecular complexity index is 849. The molecule has 0 aromatic heterocycles. The average Bonchev–Trinajstić information content (AvgIpc) is 2.68. The van der Waals surface area contributed by atoms with Crippen LogP contribution in [0.2, 0.25) is 0 Å². The van der Waals surface area contributed by atoms with Gasteiger partial charge in [0.15, 0.2) is 0 Å². The van der Waals surface area contributed by atoms with E-state index >= 15 is 0 Å². The first kappa shape index (κ1) is 16.2. The summed E-state index contributed by atoms with van der Waals surface area (Å²) in [6.07, 6.45) is 3.38. The molecule has 1 aliphatic rings. The topological polar surface area (TPSA) is 3.24 Å². The van der Waals surface area contributed by atoms with Crippen LogP contribution in [0.4, 0.5) is 11.4 Å². The highest BCUT2D eigenvalue weighted by atomic mass is 79.9. The lowest BCUT2D eigenvalue weighted by molar-refractivity contribution is 0.962. The highest BCUT2D eigenvalue weighted by Gasteiger charge is 2.25. The smallest absolute Gasteiger partial charge is 0.0493 e. The van der Waals surface area contributed by atoms with Crippen molar-refractivity contribution in [2.24, 2.45) is 0 Å². The molecule has 0 unspecified atom stereocenters. The Morgan fingerprint density at radius 2 is 1.28 bits per heavy atom. The number of nitrogens with zero attached hydrogens (tertiary/aromatic N) is 1. The summed E-state index contributed by atoms with van der Waals surface area (Å²) in [6, 6.07) is 28.2. The van der Waals surface area contributed by atoms with Gasteiger partial charge >= 0.3 is 0 Å². The first-order valence-electron chi connectivity index (χ1n) is 8.65. The summed E-state index contributed by atoms with van der Waals surface area (Å²) in [5, 5.41) is 0.981. The second-order valence-electron chi connectivity index (χ2n) is 6.20. The molecule has 2 heteroatoms. The van der Waals surface area contributed by atoms with E-state index in [0.717, 1.165) is 18.3 Å². The van der Waals surface area contributed by atoms with Crippen LogP contribution in [0.5, 0.6) is 0 Å². The lowest BCUT2D eigenvalue weighted by Gasteiger charge is -2.35. The van der Waals surface area contributed by atoms with E-state index in [2.05, 4.69) is 106 Å². The zero-order valence-electron chi connectivity index (χ0n) is 14.0. The molecule has 25 heavy (non-hydrogen) atoms. The minimum absolute atomic E-state index is 0.876. The van der Waals surface area contributed by atoms with Crippen LogP contribution in [0.3, 0.4) is 0 Å². The molecule has 1 aliphatic heterocycles. The van der Waals surface area contributed by atoms with Gasteiger partial charge in [0.2, 0.25) is 0 Å². The molecule has 0 saturated carbocycles. The van der Waals surface area contributed by atoms with Gasteiger partial charge in [-0.15, -0.1) is 0 Å². The third-order valence-corrected chi connectivity index (χ3v) is 5.07. The van der Waals surface area contributed by atoms with Crippen LogP contribution in [0, 0.1) is 0 Å².